The summed E-state index contributed by atoms with van der Waals surface area (Å²) in [6.07, 6.45) is -1.98. The van der Waals surface area contributed by atoms with Gasteiger partial charge in [0.15, 0.2) is 0 Å². The molecule has 82 valence electrons. The SMILES string of the molecule is CC(OC(N)=O)c1cc(F)cc(Br)c1F. The van der Waals surface area contributed by atoms with Crippen molar-refractivity contribution in [1.82, 2.24) is 0 Å². The molecule has 0 saturated carbocycles. The van der Waals surface area contributed by atoms with E-state index >= 15 is 0 Å². The normalized spacial score (nSPS) is 12.3. The molecule has 0 radical (unpaired) electrons. The Morgan fingerprint density at radius 3 is 2.67 bits per heavy atom. The maximum absolute atomic E-state index is 13.4. The molecule has 1 unspecified atom stereocenters. The van der Waals surface area contributed by atoms with Crippen LogP contribution in [-0.4, -0.2) is 6.09 Å². The number of halogens is 3. The fraction of sp³-hybridized carbons (Fsp3) is 0.222. The van der Waals surface area contributed by atoms with Crippen molar-refractivity contribution in [3.63, 3.8) is 0 Å². The zero-order valence-corrected chi connectivity index (χ0v) is 9.35. The highest BCUT2D eigenvalue weighted by Crippen LogP contribution is 2.27. The largest absolute Gasteiger partial charge is 0.442 e. The summed E-state index contributed by atoms with van der Waals surface area (Å²) in [5, 5.41) is 0. The van der Waals surface area contributed by atoms with Gasteiger partial charge in [-0.3, -0.25) is 0 Å². The van der Waals surface area contributed by atoms with Gasteiger partial charge in [0.1, 0.15) is 17.7 Å². The minimum atomic E-state index is -1.04. The van der Waals surface area contributed by atoms with Crippen molar-refractivity contribution >= 4 is 22.0 Å². The predicted octanol–water partition coefficient (Wildman–Crippen LogP) is 2.88. The Kier molecular flexibility index (Phi) is 3.62. The first-order valence-corrected chi connectivity index (χ1v) is 4.81. The maximum atomic E-state index is 13.4. The number of hydrogen-bond donors (Lipinski definition) is 1. The molecule has 1 rings (SSSR count). The molecule has 3 nitrogen and oxygen atoms in total. The average molecular weight is 280 g/mol. The summed E-state index contributed by atoms with van der Waals surface area (Å²) in [5.41, 5.74) is 4.70. The lowest BCUT2D eigenvalue weighted by molar-refractivity contribution is 0.114. The molecule has 1 aromatic rings. The number of benzene rings is 1. The highest BCUT2D eigenvalue weighted by molar-refractivity contribution is 9.10. The predicted molar refractivity (Wildman–Crippen MR) is 53.1 cm³/mol. The number of carbonyl (C=O) groups is 1. The maximum Gasteiger partial charge on any atom is 0.405 e. The third-order valence-corrected chi connectivity index (χ3v) is 2.33. The Balaban J connectivity index is 3.07. The van der Waals surface area contributed by atoms with Crippen LogP contribution in [0.4, 0.5) is 13.6 Å². The van der Waals surface area contributed by atoms with Crippen molar-refractivity contribution in [2.75, 3.05) is 0 Å². The van der Waals surface area contributed by atoms with Crippen LogP contribution in [0.1, 0.15) is 18.6 Å². The summed E-state index contributed by atoms with van der Waals surface area (Å²) in [7, 11) is 0. The fourth-order valence-corrected chi connectivity index (χ4v) is 1.56. The number of amides is 1. The van der Waals surface area contributed by atoms with Gasteiger partial charge in [-0.2, -0.15) is 0 Å². The summed E-state index contributed by atoms with van der Waals surface area (Å²) in [6, 6.07) is 1.93. The first-order chi connectivity index (χ1) is 6.91. The van der Waals surface area contributed by atoms with Crippen LogP contribution >= 0.6 is 15.9 Å². The second kappa shape index (κ2) is 4.57. The number of nitrogens with two attached hydrogens (primary N) is 1. The average Bonchev–Trinajstić information content (AvgIpc) is 2.09. The lowest BCUT2D eigenvalue weighted by Crippen LogP contribution is -2.16. The van der Waals surface area contributed by atoms with Crippen molar-refractivity contribution in [3.05, 3.63) is 33.8 Å². The zero-order chi connectivity index (χ0) is 11.6. The molecule has 2 N–H and O–H groups in total. The first kappa shape index (κ1) is 11.9. The third-order valence-electron chi connectivity index (χ3n) is 1.75. The molecule has 0 bridgehead atoms. The zero-order valence-electron chi connectivity index (χ0n) is 7.76. The third kappa shape index (κ3) is 2.89. The summed E-state index contributed by atoms with van der Waals surface area (Å²) < 4.78 is 30.9. The summed E-state index contributed by atoms with van der Waals surface area (Å²) in [4.78, 5) is 10.4. The number of primary amides is 1. The molecule has 1 aromatic carbocycles. The van der Waals surface area contributed by atoms with E-state index in [4.69, 9.17) is 5.73 Å². The molecule has 0 aliphatic heterocycles. The van der Waals surface area contributed by atoms with Crippen molar-refractivity contribution in [2.45, 2.75) is 13.0 Å². The Morgan fingerprint density at radius 1 is 1.53 bits per heavy atom. The molecule has 0 fully saturated rings. The van der Waals surface area contributed by atoms with Crippen LogP contribution in [0.15, 0.2) is 16.6 Å². The number of ether oxygens (including phenoxy) is 1. The van der Waals surface area contributed by atoms with Gasteiger partial charge in [0, 0.05) is 5.56 Å². The quantitative estimate of drug-likeness (QED) is 0.847. The van der Waals surface area contributed by atoms with E-state index < -0.39 is 23.8 Å². The summed E-state index contributed by atoms with van der Waals surface area (Å²) in [5.74, 6) is -1.30. The van der Waals surface area contributed by atoms with Gasteiger partial charge in [0.25, 0.3) is 0 Å². The van der Waals surface area contributed by atoms with Crippen molar-refractivity contribution in [1.29, 1.82) is 0 Å². The van der Waals surface area contributed by atoms with Crippen molar-refractivity contribution < 1.29 is 18.3 Å². The van der Waals surface area contributed by atoms with Gasteiger partial charge in [0.05, 0.1) is 4.47 Å². The molecule has 0 heterocycles. The van der Waals surface area contributed by atoms with E-state index in [9.17, 15) is 13.6 Å². The van der Waals surface area contributed by atoms with Gasteiger partial charge in [-0.25, -0.2) is 13.6 Å². The standard InChI is InChI=1S/C9H8BrF2NO2/c1-4(15-9(13)14)6-2-5(11)3-7(10)8(6)12/h2-4H,1H3,(H2,13,14). The van der Waals surface area contributed by atoms with E-state index in [1.807, 2.05) is 0 Å². The molecule has 0 saturated heterocycles. The lowest BCUT2D eigenvalue weighted by Gasteiger charge is -2.13. The monoisotopic (exact) mass is 279 g/mol. The molecule has 1 atom stereocenters. The molecular weight excluding hydrogens is 272 g/mol. The molecular formula is C9H8BrF2NO2. The first-order valence-electron chi connectivity index (χ1n) is 4.02. The Morgan fingerprint density at radius 2 is 2.13 bits per heavy atom. The van der Waals surface area contributed by atoms with E-state index in [2.05, 4.69) is 20.7 Å². The van der Waals surface area contributed by atoms with E-state index in [-0.39, 0.29) is 10.0 Å². The smallest absolute Gasteiger partial charge is 0.405 e. The number of carbonyl (C=O) groups excluding carboxylic acids is 1. The fourth-order valence-electron chi connectivity index (χ4n) is 1.11. The highest BCUT2D eigenvalue weighted by Gasteiger charge is 2.17. The van der Waals surface area contributed by atoms with Crippen molar-refractivity contribution in [3.8, 4) is 0 Å². The van der Waals surface area contributed by atoms with Crippen molar-refractivity contribution in [2.24, 2.45) is 5.73 Å². The molecule has 0 aliphatic rings. The van der Waals surface area contributed by atoms with Crippen LogP contribution in [0, 0.1) is 11.6 Å². The molecule has 6 heteroatoms. The minimum Gasteiger partial charge on any atom is -0.442 e. The van der Waals surface area contributed by atoms with E-state index in [0.717, 1.165) is 12.1 Å². The van der Waals surface area contributed by atoms with Gasteiger partial charge in [-0.05, 0) is 35.0 Å². The van der Waals surface area contributed by atoms with Crippen LogP contribution < -0.4 is 5.73 Å². The molecule has 0 aliphatic carbocycles. The van der Waals surface area contributed by atoms with Gasteiger partial charge >= 0.3 is 6.09 Å². The molecule has 0 aromatic heterocycles. The number of hydrogen-bond acceptors (Lipinski definition) is 2. The summed E-state index contributed by atoms with van der Waals surface area (Å²) in [6.45, 7) is 1.40. The van der Waals surface area contributed by atoms with Crippen LogP contribution in [0.3, 0.4) is 0 Å². The minimum absolute atomic E-state index is 0.0302. The Hall–Kier alpha value is -1.17. The van der Waals surface area contributed by atoms with Crippen LogP contribution in [0.2, 0.25) is 0 Å². The Labute approximate surface area is 93.3 Å². The van der Waals surface area contributed by atoms with Crippen LogP contribution in [-0.2, 0) is 4.74 Å². The van der Waals surface area contributed by atoms with Gasteiger partial charge < -0.3 is 10.5 Å². The van der Waals surface area contributed by atoms with Gasteiger partial charge in [0.2, 0.25) is 0 Å². The van der Waals surface area contributed by atoms with E-state index in [1.165, 1.54) is 6.92 Å². The highest BCUT2D eigenvalue weighted by atomic mass is 79.9. The molecule has 1 amide bonds. The van der Waals surface area contributed by atoms with Gasteiger partial charge in [-0.15, -0.1) is 0 Å². The second-order valence-electron chi connectivity index (χ2n) is 2.87. The number of rotatable bonds is 2. The Bertz CT molecular complexity index is 398. The van der Waals surface area contributed by atoms with Crippen LogP contribution in [0.25, 0.3) is 0 Å². The van der Waals surface area contributed by atoms with Crippen LogP contribution in [0.5, 0.6) is 0 Å². The van der Waals surface area contributed by atoms with E-state index in [0.29, 0.717) is 0 Å². The second-order valence-corrected chi connectivity index (χ2v) is 3.72. The lowest BCUT2D eigenvalue weighted by atomic mass is 10.1. The summed E-state index contributed by atoms with van der Waals surface area (Å²) >= 11 is 2.84. The molecule has 0 spiro atoms. The van der Waals surface area contributed by atoms with Gasteiger partial charge in [-0.1, -0.05) is 0 Å². The van der Waals surface area contributed by atoms with E-state index in [1.54, 1.807) is 0 Å². The molecule has 15 heavy (non-hydrogen) atoms. The topological polar surface area (TPSA) is 52.3 Å².